The average molecular weight is 593 g/mol. The molecule has 0 heterocycles. The van der Waals surface area contributed by atoms with E-state index in [4.69, 9.17) is 54.0 Å². The van der Waals surface area contributed by atoms with Crippen LogP contribution in [0.15, 0.2) is 0 Å². The van der Waals surface area contributed by atoms with Gasteiger partial charge in [-0.05, 0) is 26.2 Å². The lowest BCUT2D eigenvalue weighted by atomic mass is 10.4. The van der Waals surface area contributed by atoms with Crippen LogP contribution < -0.4 is 0 Å². The van der Waals surface area contributed by atoms with Crippen LogP contribution in [0.4, 0.5) is 0 Å². The molecular formula is C28H64O12. The van der Waals surface area contributed by atoms with Crippen molar-refractivity contribution in [1.29, 1.82) is 0 Å². The van der Waals surface area contributed by atoms with E-state index in [1.807, 2.05) is 0 Å². The van der Waals surface area contributed by atoms with Gasteiger partial charge in [-0.25, -0.2) is 0 Å². The van der Waals surface area contributed by atoms with Gasteiger partial charge in [-0.2, -0.15) is 0 Å². The molecule has 40 heavy (non-hydrogen) atoms. The molecule has 0 fully saturated rings. The summed E-state index contributed by atoms with van der Waals surface area (Å²) in [4.78, 5) is 0. The molecule has 248 valence electrons. The van der Waals surface area contributed by atoms with Crippen LogP contribution in [0.3, 0.4) is 0 Å². The summed E-state index contributed by atoms with van der Waals surface area (Å²) in [6.07, 6.45) is 6.12. The predicted octanol–water partition coefficient (Wildman–Crippen LogP) is 1.77. The number of hydrogen-bond acceptors (Lipinski definition) is 12. The minimum absolute atomic E-state index is 0.0278. The molecule has 0 amide bonds. The lowest BCUT2D eigenvalue weighted by Crippen LogP contribution is -2.12. The van der Waals surface area contributed by atoms with Crippen LogP contribution in [0, 0.1) is 0 Å². The molecule has 5 N–H and O–H groups in total. The van der Waals surface area contributed by atoms with Crippen LogP contribution in [-0.2, 0) is 33.2 Å². The summed E-state index contributed by atoms with van der Waals surface area (Å²) in [5.41, 5.74) is 0. The second-order valence-corrected chi connectivity index (χ2v) is 8.10. The first-order valence-corrected chi connectivity index (χ1v) is 14.7. The third-order valence-electron chi connectivity index (χ3n) is 4.20. The van der Waals surface area contributed by atoms with Crippen molar-refractivity contribution >= 4 is 0 Å². The van der Waals surface area contributed by atoms with E-state index in [0.717, 1.165) is 58.3 Å². The maximum atomic E-state index is 8.68. The number of aliphatic hydroxyl groups excluding tert-OH is 5. The quantitative estimate of drug-likeness (QED) is 0.0694. The Morgan fingerprint density at radius 3 is 0.900 bits per heavy atom. The van der Waals surface area contributed by atoms with Gasteiger partial charge in [0.1, 0.15) is 0 Å². The van der Waals surface area contributed by atoms with Gasteiger partial charge in [0.05, 0.1) is 92.5 Å². The number of unbranched alkanes of at least 4 members (excludes halogenated alkanes) is 3. The fourth-order valence-electron chi connectivity index (χ4n) is 2.12. The lowest BCUT2D eigenvalue weighted by Gasteiger charge is -2.06. The first kappa shape index (κ1) is 46.5. The van der Waals surface area contributed by atoms with Crippen LogP contribution in [0.5, 0.6) is 0 Å². The summed E-state index contributed by atoms with van der Waals surface area (Å²) >= 11 is 0. The van der Waals surface area contributed by atoms with E-state index in [9.17, 15) is 0 Å². The van der Waals surface area contributed by atoms with Gasteiger partial charge < -0.3 is 58.7 Å². The molecule has 12 nitrogen and oxygen atoms in total. The molecule has 0 aromatic carbocycles. The minimum atomic E-state index is -0.676. The summed E-state index contributed by atoms with van der Waals surface area (Å²) in [5.74, 6) is 0. The summed E-state index contributed by atoms with van der Waals surface area (Å²) in [6, 6.07) is 0. The third kappa shape index (κ3) is 66.1. The second kappa shape index (κ2) is 51.3. The molecule has 0 aliphatic carbocycles. The van der Waals surface area contributed by atoms with Crippen LogP contribution in [-0.4, -0.2) is 144 Å². The van der Waals surface area contributed by atoms with Crippen molar-refractivity contribution in [3.05, 3.63) is 0 Å². The molecule has 0 aromatic heterocycles. The molecule has 0 rings (SSSR count). The Morgan fingerprint density at radius 2 is 0.650 bits per heavy atom. The molecule has 0 saturated carbocycles. The lowest BCUT2D eigenvalue weighted by molar-refractivity contribution is -0.0994. The number of aliphatic hydroxyl groups is 5. The molecule has 0 aliphatic rings. The smallest absolute Gasteiger partial charge is 0.151 e. The van der Waals surface area contributed by atoms with Crippen LogP contribution in [0.1, 0.15) is 66.2 Å². The highest BCUT2D eigenvalue weighted by molar-refractivity contribution is 4.35. The Bertz CT molecular complexity index is 328. The van der Waals surface area contributed by atoms with Gasteiger partial charge in [0.2, 0.25) is 0 Å². The molecule has 1 unspecified atom stereocenters. The second-order valence-electron chi connectivity index (χ2n) is 8.10. The van der Waals surface area contributed by atoms with E-state index in [1.165, 1.54) is 0 Å². The van der Waals surface area contributed by atoms with Crippen molar-refractivity contribution in [1.82, 2.24) is 0 Å². The van der Waals surface area contributed by atoms with Gasteiger partial charge in [0, 0.05) is 19.8 Å². The van der Waals surface area contributed by atoms with Gasteiger partial charge >= 0.3 is 0 Å². The molecule has 1 atom stereocenters. The zero-order chi connectivity index (χ0) is 30.8. The van der Waals surface area contributed by atoms with Crippen molar-refractivity contribution in [2.24, 2.45) is 0 Å². The largest absolute Gasteiger partial charge is 0.394 e. The van der Waals surface area contributed by atoms with Gasteiger partial charge in [-0.15, -0.1) is 0 Å². The van der Waals surface area contributed by atoms with E-state index in [0.29, 0.717) is 66.1 Å². The Balaban J connectivity index is -0.000000219. The van der Waals surface area contributed by atoms with E-state index >= 15 is 0 Å². The van der Waals surface area contributed by atoms with Crippen LogP contribution in [0.2, 0.25) is 0 Å². The fraction of sp³-hybridized carbons (Fsp3) is 1.00. The van der Waals surface area contributed by atoms with E-state index in [2.05, 4.69) is 25.5 Å². The Labute approximate surface area is 243 Å². The average Bonchev–Trinajstić information content (AvgIpc) is 2.95. The highest BCUT2D eigenvalue weighted by Gasteiger charge is 1.93. The SMILES string of the molecule is CCCCOCCOC(C)O.CCCCOCCOCCO.CCCCOCCOCCO.OCCOCCO. The number of ether oxygens (including phenoxy) is 7. The maximum absolute atomic E-state index is 8.68. The zero-order valence-electron chi connectivity index (χ0n) is 25.9. The van der Waals surface area contributed by atoms with Crippen LogP contribution >= 0.6 is 0 Å². The zero-order valence-corrected chi connectivity index (χ0v) is 25.9. The molecular weight excluding hydrogens is 528 g/mol. The first-order valence-electron chi connectivity index (χ1n) is 14.7. The van der Waals surface area contributed by atoms with Crippen molar-refractivity contribution in [2.75, 3.05) is 112 Å². The minimum Gasteiger partial charge on any atom is -0.394 e. The van der Waals surface area contributed by atoms with Crippen molar-refractivity contribution in [3.63, 3.8) is 0 Å². The molecule has 0 bridgehead atoms. The highest BCUT2D eigenvalue weighted by atomic mass is 16.6. The molecule has 0 spiro atoms. The van der Waals surface area contributed by atoms with Gasteiger partial charge in [0.25, 0.3) is 0 Å². The van der Waals surface area contributed by atoms with Gasteiger partial charge in [-0.1, -0.05) is 40.0 Å². The third-order valence-corrected chi connectivity index (χ3v) is 4.20. The van der Waals surface area contributed by atoms with Crippen molar-refractivity contribution in [2.45, 2.75) is 72.5 Å². The predicted molar refractivity (Wildman–Crippen MR) is 156 cm³/mol. The molecule has 0 aromatic rings. The monoisotopic (exact) mass is 592 g/mol. The summed E-state index contributed by atoms with van der Waals surface area (Å²) < 4.78 is 35.1. The Hall–Kier alpha value is -0.480. The van der Waals surface area contributed by atoms with Gasteiger partial charge in [0.15, 0.2) is 6.29 Å². The number of hydrogen-bond donors (Lipinski definition) is 5. The summed E-state index contributed by atoms with van der Waals surface area (Å²) in [7, 11) is 0. The molecule has 0 aliphatic heterocycles. The summed E-state index contributed by atoms with van der Waals surface area (Å²) in [5, 5.41) is 41.5. The molecule has 0 saturated heterocycles. The van der Waals surface area contributed by atoms with E-state index in [-0.39, 0.29) is 26.4 Å². The number of rotatable bonds is 27. The maximum Gasteiger partial charge on any atom is 0.151 e. The first-order chi connectivity index (χ1) is 19.5. The standard InChI is InChI=1S/3C8H18O3.C4H10O3/c1-3-4-5-10-6-7-11-8(2)9;2*1-2-3-5-10-7-8-11-6-4-9;5-1-3-7-4-2-6/h8-9H,3-7H2,1-2H3;2*9H,2-8H2,1H3;5-6H,1-4H2. The van der Waals surface area contributed by atoms with Crippen molar-refractivity contribution in [3.8, 4) is 0 Å². The van der Waals surface area contributed by atoms with E-state index < -0.39 is 6.29 Å². The Kier molecular flexibility index (Phi) is 59.6. The van der Waals surface area contributed by atoms with Crippen molar-refractivity contribution < 1.29 is 58.7 Å². The highest BCUT2D eigenvalue weighted by Crippen LogP contribution is 1.90. The van der Waals surface area contributed by atoms with Gasteiger partial charge in [-0.3, -0.25) is 0 Å². The summed E-state index contributed by atoms with van der Waals surface area (Å²) in [6.45, 7) is 15.6. The topological polar surface area (TPSA) is 166 Å². The van der Waals surface area contributed by atoms with Crippen LogP contribution in [0.25, 0.3) is 0 Å². The Morgan fingerprint density at radius 1 is 0.400 bits per heavy atom. The normalized spacial score (nSPS) is 11.0. The van der Waals surface area contributed by atoms with E-state index in [1.54, 1.807) is 6.92 Å². The molecule has 0 radical (unpaired) electrons. The molecule has 12 heteroatoms. The fourth-order valence-corrected chi connectivity index (χ4v) is 2.12.